The first-order chi connectivity index (χ1) is 26.4. The maximum absolute atomic E-state index is 12.8. The minimum absolute atomic E-state index is 0.0932. The Labute approximate surface area is 330 Å². The largest absolute Gasteiger partial charge is 0.444 e. The maximum atomic E-state index is 12.8. The molecule has 2 aliphatic rings. The molecule has 16 heteroatoms. The summed E-state index contributed by atoms with van der Waals surface area (Å²) >= 11 is 0. The number of carbonyl (C=O) groups is 1. The van der Waals surface area contributed by atoms with Crippen LogP contribution in [0.3, 0.4) is 0 Å². The van der Waals surface area contributed by atoms with Crippen LogP contribution >= 0.6 is 0 Å². The maximum Gasteiger partial charge on any atom is 0.410 e. The number of rotatable bonds is 14. The molecule has 1 unspecified atom stereocenters. The van der Waals surface area contributed by atoms with Crippen molar-refractivity contribution in [2.45, 2.75) is 115 Å². The number of ether oxygens (including phenoxy) is 3. The van der Waals surface area contributed by atoms with Crippen LogP contribution in [0, 0.1) is 11.8 Å². The molecule has 3 aromatic rings. The molecule has 0 N–H and O–H groups in total. The molecule has 5 rings (SSSR count). The Hall–Kier alpha value is -4.73. The van der Waals surface area contributed by atoms with Gasteiger partial charge in [0, 0.05) is 4.91 Å². The summed E-state index contributed by atoms with van der Waals surface area (Å²) in [5.41, 5.74) is 10.4. The van der Waals surface area contributed by atoms with Crippen LogP contribution in [0.4, 0.5) is 4.79 Å². The van der Waals surface area contributed by atoms with Gasteiger partial charge in [0.25, 0.3) is 10.1 Å². The fourth-order valence-corrected chi connectivity index (χ4v) is 7.11. The van der Waals surface area contributed by atoms with Gasteiger partial charge in [0.05, 0.1) is 62.6 Å². The topological polar surface area (TPSA) is 173 Å². The minimum atomic E-state index is -3.95. The van der Waals surface area contributed by atoms with Crippen LogP contribution in [0.25, 0.3) is 10.4 Å². The molecule has 3 aromatic carbocycles. The third kappa shape index (κ3) is 14.4. The van der Waals surface area contributed by atoms with Crippen molar-refractivity contribution in [1.29, 1.82) is 0 Å². The van der Waals surface area contributed by atoms with Crippen molar-refractivity contribution in [3.05, 3.63) is 117 Å². The fourth-order valence-electron chi connectivity index (χ4n) is 6.03. The lowest BCUT2D eigenvalue weighted by molar-refractivity contribution is -0.925. The molecule has 4 atom stereocenters. The van der Waals surface area contributed by atoms with E-state index in [9.17, 15) is 18.1 Å². The van der Waals surface area contributed by atoms with Gasteiger partial charge in [-0.2, -0.15) is 13.3 Å². The molecule has 0 spiro atoms. The summed E-state index contributed by atoms with van der Waals surface area (Å²) in [7, 11) is -3.95. The van der Waals surface area contributed by atoms with Gasteiger partial charge in [-0.3, -0.25) is 4.18 Å². The van der Waals surface area contributed by atoms with E-state index in [1.165, 1.54) is 22.0 Å². The second-order valence-corrected chi connectivity index (χ2v) is 17.4. The number of likely N-dealkylation sites (tertiary alicyclic amines) is 1. The van der Waals surface area contributed by atoms with Gasteiger partial charge in [-0.05, 0) is 90.1 Å². The molecule has 0 aliphatic carbocycles. The Morgan fingerprint density at radius 1 is 0.821 bits per heavy atom. The van der Waals surface area contributed by atoms with Crippen molar-refractivity contribution in [2.75, 3.05) is 26.3 Å². The number of benzene rings is 3. The number of hydrogen-bond donors (Lipinski definition) is 0. The number of azide groups is 1. The Morgan fingerprint density at radius 3 is 1.89 bits per heavy atom. The quantitative estimate of drug-likeness (QED) is 0.0518. The lowest BCUT2D eigenvalue weighted by Gasteiger charge is -2.28. The zero-order chi connectivity index (χ0) is 40.9. The predicted octanol–water partition coefficient (Wildman–Crippen LogP) is 7.68. The molecule has 2 aliphatic heterocycles. The smallest absolute Gasteiger partial charge is 0.410 e. The number of hydrazine groups is 1. The first-order valence-electron chi connectivity index (χ1n) is 18.6. The Balaban J connectivity index is 0.000000259. The summed E-state index contributed by atoms with van der Waals surface area (Å²) < 4.78 is 48.0. The average Bonchev–Trinajstić information content (AvgIpc) is 3.72. The standard InChI is InChI=1S/C24H31NO6S.C16H24N5O3/c1-18-10-12-22(13-11-18)32(27,28)31-21-14-20(17-29-16-19-8-6-5-7-9-19)25(15-21)23(26)30-24(2,3)4;1-16(2,3)24-21(22)20-10-14(18-19-17)9-15(20)12-23-11-13-7-5-4-6-8-13/h5-13,20-21H,14-17H2,1-4H3;4-8,14-15H,9-12H2,1-3H3/q;+1/t20-,21-;14?,15-/m00/s1. The first-order valence-corrected chi connectivity index (χ1v) is 20.0. The normalized spacial score (nSPS) is 19.8. The highest BCUT2D eigenvalue weighted by Gasteiger charge is 2.44. The predicted molar refractivity (Wildman–Crippen MR) is 209 cm³/mol. The van der Waals surface area contributed by atoms with Crippen LogP contribution in [0.5, 0.6) is 0 Å². The monoisotopic (exact) mass is 795 g/mol. The van der Waals surface area contributed by atoms with Crippen molar-refractivity contribution in [2.24, 2.45) is 5.11 Å². The molecule has 2 heterocycles. The number of hydrogen-bond acceptors (Lipinski definition) is 10. The highest BCUT2D eigenvalue weighted by atomic mass is 32.2. The van der Waals surface area contributed by atoms with Gasteiger partial charge in [0.15, 0.2) is 5.60 Å². The number of amides is 1. The molecule has 304 valence electrons. The van der Waals surface area contributed by atoms with E-state index >= 15 is 0 Å². The third-order valence-corrected chi connectivity index (χ3v) is 9.94. The highest BCUT2D eigenvalue weighted by molar-refractivity contribution is 7.86. The number of nitrogens with zero attached hydrogens (tertiary/aromatic N) is 6. The van der Waals surface area contributed by atoms with E-state index in [0.717, 1.165) is 16.7 Å². The Morgan fingerprint density at radius 2 is 1.38 bits per heavy atom. The van der Waals surface area contributed by atoms with Gasteiger partial charge in [0.1, 0.15) is 16.5 Å². The first kappa shape index (κ1) is 44.0. The van der Waals surface area contributed by atoms with Crippen LogP contribution in [0.2, 0.25) is 0 Å². The number of aryl methyl sites for hydroxylation is 1. The Bertz CT molecular complexity index is 1860. The lowest BCUT2D eigenvalue weighted by atomic mass is 10.2. The van der Waals surface area contributed by atoms with Crippen LogP contribution in [0.15, 0.2) is 94.9 Å². The van der Waals surface area contributed by atoms with E-state index in [-0.39, 0.29) is 36.2 Å². The molecule has 1 amide bonds. The molecule has 0 bridgehead atoms. The van der Waals surface area contributed by atoms with Crippen LogP contribution in [-0.2, 0) is 46.6 Å². The Kier molecular flexibility index (Phi) is 15.6. The van der Waals surface area contributed by atoms with Crippen LogP contribution in [-0.4, -0.2) is 91.2 Å². The molecular weight excluding hydrogens is 741 g/mol. The van der Waals surface area contributed by atoms with E-state index in [1.807, 2.05) is 67.6 Å². The summed E-state index contributed by atoms with van der Waals surface area (Å²) in [5.74, 6) is 0. The van der Waals surface area contributed by atoms with E-state index in [0.29, 0.717) is 44.2 Å². The van der Waals surface area contributed by atoms with Gasteiger partial charge in [0.2, 0.25) is 0 Å². The third-order valence-electron chi connectivity index (χ3n) is 8.56. The summed E-state index contributed by atoms with van der Waals surface area (Å²) in [5, 5.41) is 5.76. The van der Waals surface area contributed by atoms with E-state index in [1.54, 1.807) is 53.7 Å². The second kappa shape index (κ2) is 19.9. The van der Waals surface area contributed by atoms with Gasteiger partial charge in [-0.15, -0.1) is 0 Å². The molecule has 0 saturated carbocycles. The number of carbonyl (C=O) groups excluding carboxylic acids is 1. The molecule has 0 radical (unpaired) electrons. The summed E-state index contributed by atoms with van der Waals surface area (Å²) in [6.07, 6.45) is -0.298. The van der Waals surface area contributed by atoms with Crippen molar-refractivity contribution in [3.63, 3.8) is 0 Å². The van der Waals surface area contributed by atoms with Gasteiger partial charge >= 0.3 is 11.1 Å². The van der Waals surface area contributed by atoms with E-state index in [4.69, 9.17) is 28.8 Å². The zero-order valence-electron chi connectivity index (χ0n) is 33.3. The van der Waals surface area contributed by atoms with E-state index < -0.39 is 33.5 Å². The molecule has 2 saturated heterocycles. The SMILES string of the molecule is CC(C)(C)O[N+](=O)N1CC(N=[N+]=[N-])C[C@H]1COCc1ccccc1.Cc1ccc(S(=O)(=O)O[C@H]2C[C@@H](COCc3ccccc3)N(C(=O)OC(C)(C)C)C2)cc1. The molecule has 2 fully saturated rings. The van der Waals surface area contributed by atoms with E-state index in [2.05, 4.69) is 10.0 Å². The summed E-state index contributed by atoms with van der Waals surface area (Å²) in [4.78, 5) is 34.9. The second-order valence-electron chi connectivity index (χ2n) is 15.8. The summed E-state index contributed by atoms with van der Waals surface area (Å²) in [6.45, 7) is 14.6. The highest BCUT2D eigenvalue weighted by Crippen LogP contribution is 2.27. The molecule has 15 nitrogen and oxygen atoms in total. The van der Waals surface area contributed by atoms with Crippen molar-refractivity contribution < 1.29 is 41.5 Å². The van der Waals surface area contributed by atoms with Crippen molar-refractivity contribution in [3.8, 4) is 0 Å². The molecular formula is C40H55N6O9S+. The van der Waals surface area contributed by atoms with Crippen molar-refractivity contribution >= 4 is 16.2 Å². The zero-order valence-corrected chi connectivity index (χ0v) is 34.1. The van der Waals surface area contributed by atoms with Gasteiger partial charge in [-0.1, -0.05) is 88.5 Å². The van der Waals surface area contributed by atoms with Gasteiger partial charge in [-0.25, -0.2) is 4.79 Å². The van der Waals surface area contributed by atoms with Gasteiger partial charge < -0.3 is 19.1 Å². The lowest BCUT2D eigenvalue weighted by Crippen LogP contribution is -2.43. The fraction of sp³-hybridized carbons (Fsp3) is 0.525. The average molecular weight is 796 g/mol. The molecule has 56 heavy (non-hydrogen) atoms. The van der Waals surface area contributed by atoms with Crippen molar-refractivity contribution in [1.82, 2.24) is 9.91 Å². The molecule has 0 aromatic heterocycles. The summed E-state index contributed by atoms with van der Waals surface area (Å²) in [6, 6.07) is 25.2. The minimum Gasteiger partial charge on any atom is -0.444 e. The van der Waals surface area contributed by atoms with Crippen LogP contribution < -0.4 is 0 Å². The van der Waals surface area contributed by atoms with Crippen LogP contribution in [0.1, 0.15) is 71.1 Å².